The SMILES string of the molecule is CSCCC(NC(=O)C(N)CCCCN)C(=O)NC(Cc1cnc[nH]1)C(=O)O. The van der Waals surface area contributed by atoms with Crippen LogP contribution in [0.3, 0.4) is 0 Å². The van der Waals surface area contributed by atoms with Crippen LogP contribution in [0.5, 0.6) is 0 Å². The molecule has 0 saturated heterocycles. The number of hydrogen-bond acceptors (Lipinski definition) is 7. The van der Waals surface area contributed by atoms with E-state index in [1.807, 2.05) is 6.26 Å². The number of carbonyl (C=O) groups is 3. The van der Waals surface area contributed by atoms with Crippen molar-refractivity contribution in [3.63, 3.8) is 0 Å². The maximum Gasteiger partial charge on any atom is 0.326 e. The summed E-state index contributed by atoms with van der Waals surface area (Å²) in [6.45, 7) is 0.528. The van der Waals surface area contributed by atoms with Crippen molar-refractivity contribution < 1.29 is 19.5 Å². The first-order valence-electron chi connectivity index (χ1n) is 9.14. The van der Waals surface area contributed by atoms with Gasteiger partial charge in [0.05, 0.1) is 12.4 Å². The number of carboxylic acid groups (broad SMARTS) is 1. The average molecular weight is 415 g/mol. The Hall–Kier alpha value is -2.11. The van der Waals surface area contributed by atoms with Gasteiger partial charge in [-0.25, -0.2) is 9.78 Å². The van der Waals surface area contributed by atoms with Gasteiger partial charge in [-0.2, -0.15) is 11.8 Å². The number of carboxylic acids is 1. The Morgan fingerprint density at radius 1 is 1.21 bits per heavy atom. The molecule has 1 heterocycles. The first-order valence-corrected chi connectivity index (χ1v) is 10.5. The molecule has 0 bridgehead atoms. The molecule has 0 aliphatic heterocycles. The Morgan fingerprint density at radius 3 is 2.50 bits per heavy atom. The van der Waals surface area contributed by atoms with Gasteiger partial charge in [-0.3, -0.25) is 9.59 Å². The molecule has 1 rings (SSSR count). The zero-order valence-corrected chi connectivity index (χ0v) is 16.8. The highest BCUT2D eigenvalue weighted by Crippen LogP contribution is 2.05. The third-order valence-corrected chi connectivity index (χ3v) is 4.79. The fourth-order valence-corrected chi connectivity index (χ4v) is 2.98. The number of aromatic amines is 1. The van der Waals surface area contributed by atoms with Crippen molar-refractivity contribution in [3.8, 4) is 0 Å². The number of rotatable bonds is 14. The summed E-state index contributed by atoms with van der Waals surface area (Å²) in [4.78, 5) is 43.1. The van der Waals surface area contributed by atoms with E-state index in [4.69, 9.17) is 11.5 Å². The summed E-state index contributed by atoms with van der Waals surface area (Å²) in [5.41, 5.74) is 11.9. The van der Waals surface area contributed by atoms with E-state index in [1.54, 1.807) is 0 Å². The van der Waals surface area contributed by atoms with Crippen LogP contribution in [0.4, 0.5) is 0 Å². The predicted octanol–water partition coefficient (Wildman–Crippen LogP) is -0.784. The minimum Gasteiger partial charge on any atom is -0.480 e. The second-order valence-corrected chi connectivity index (χ2v) is 7.40. The Bertz CT molecular complexity index is 613. The lowest BCUT2D eigenvalue weighted by Crippen LogP contribution is -2.55. The van der Waals surface area contributed by atoms with Crippen LogP contribution in [0.1, 0.15) is 31.4 Å². The summed E-state index contributed by atoms with van der Waals surface area (Å²) >= 11 is 1.52. The van der Waals surface area contributed by atoms with Gasteiger partial charge in [0.1, 0.15) is 12.1 Å². The summed E-state index contributed by atoms with van der Waals surface area (Å²) in [6, 6.07) is -2.74. The van der Waals surface area contributed by atoms with Crippen molar-refractivity contribution in [1.29, 1.82) is 0 Å². The maximum absolute atomic E-state index is 12.6. The highest BCUT2D eigenvalue weighted by molar-refractivity contribution is 7.98. The number of nitrogens with two attached hydrogens (primary N) is 2. The Kier molecular flexibility index (Phi) is 11.2. The van der Waals surface area contributed by atoms with Crippen molar-refractivity contribution in [3.05, 3.63) is 18.2 Å². The lowest BCUT2D eigenvalue weighted by atomic mass is 10.1. The van der Waals surface area contributed by atoms with Gasteiger partial charge in [-0.1, -0.05) is 6.42 Å². The monoisotopic (exact) mass is 414 g/mol. The summed E-state index contributed by atoms with van der Waals surface area (Å²) in [5.74, 6) is -1.53. The third-order valence-electron chi connectivity index (χ3n) is 4.14. The molecule has 8 N–H and O–H groups in total. The van der Waals surface area contributed by atoms with E-state index in [1.165, 1.54) is 24.3 Å². The van der Waals surface area contributed by atoms with E-state index in [0.717, 1.165) is 12.8 Å². The number of hydrogen-bond donors (Lipinski definition) is 6. The van der Waals surface area contributed by atoms with E-state index in [0.29, 0.717) is 30.8 Å². The summed E-state index contributed by atoms with van der Waals surface area (Å²) < 4.78 is 0. The molecule has 1 aromatic rings. The smallest absolute Gasteiger partial charge is 0.326 e. The number of nitrogens with zero attached hydrogens (tertiary/aromatic N) is 1. The van der Waals surface area contributed by atoms with Gasteiger partial charge in [0.2, 0.25) is 11.8 Å². The molecule has 28 heavy (non-hydrogen) atoms. The zero-order valence-electron chi connectivity index (χ0n) is 16.0. The van der Waals surface area contributed by atoms with E-state index >= 15 is 0 Å². The summed E-state index contributed by atoms with van der Waals surface area (Å²) in [7, 11) is 0. The number of unbranched alkanes of at least 4 members (excludes halogenated alkanes) is 1. The Morgan fingerprint density at radius 2 is 1.93 bits per heavy atom. The van der Waals surface area contributed by atoms with Crippen LogP contribution in [0.25, 0.3) is 0 Å². The number of H-pyrrole nitrogens is 1. The van der Waals surface area contributed by atoms with Crippen LogP contribution < -0.4 is 22.1 Å². The largest absolute Gasteiger partial charge is 0.480 e. The lowest BCUT2D eigenvalue weighted by Gasteiger charge is -2.22. The molecule has 0 fully saturated rings. The molecule has 158 valence electrons. The number of nitrogens with one attached hydrogen (secondary N) is 3. The quantitative estimate of drug-likeness (QED) is 0.215. The summed E-state index contributed by atoms with van der Waals surface area (Å²) in [6.07, 6.45) is 7.20. The van der Waals surface area contributed by atoms with Crippen molar-refractivity contribution in [2.45, 2.75) is 50.2 Å². The molecule has 0 aliphatic rings. The van der Waals surface area contributed by atoms with Crippen molar-refractivity contribution in [2.24, 2.45) is 11.5 Å². The topological polar surface area (TPSA) is 176 Å². The highest BCUT2D eigenvalue weighted by Gasteiger charge is 2.28. The summed E-state index contributed by atoms with van der Waals surface area (Å²) in [5, 5.41) is 14.5. The second kappa shape index (κ2) is 13.1. The van der Waals surface area contributed by atoms with Gasteiger partial charge in [0.25, 0.3) is 0 Å². The number of carbonyl (C=O) groups excluding carboxylic acids is 2. The molecule has 3 unspecified atom stereocenters. The Balaban J connectivity index is 2.70. The molecule has 0 saturated carbocycles. The molecule has 2 amide bonds. The van der Waals surface area contributed by atoms with E-state index in [-0.39, 0.29) is 6.42 Å². The standard InChI is InChI=1S/C17H30N6O4S/c1-28-7-5-13(22-15(24)12(19)4-2-3-6-18)16(25)23-14(17(26)27)8-11-9-20-10-21-11/h9-10,12-14H,2-8,18-19H2,1H3,(H,20,21)(H,22,24)(H,23,25)(H,26,27). The zero-order chi connectivity index (χ0) is 20.9. The van der Waals surface area contributed by atoms with Gasteiger partial charge < -0.3 is 32.2 Å². The van der Waals surface area contributed by atoms with Gasteiger partial charge in [-0.05, 0) is 37.8 Å². The van der Waals surface area contributed by atoms with Gasteiger partial charge in [0.15, 0.2) is 0 Å². The van der Waals surface area contributed by atoms with E-state index < -0.39 is 35.9 Å². The first kappa shape index (κ1) is 23.9. The molecule has 0 radical (unpaired) electrons. The molecular weight excluding hydrogens is 384 g/mol. The fraction of sp³-hybridized carbons (Fsp3) is 0.647. The van der Waals surface area contributed by atoms with Crippen LogP contribution in [-0.2, 0) is 20.8 Å². The normalized spacial score (nSPS) is 14.1. The number of aromatic nitrogens is 2. The molecule has 10 nitrogen and oxygen atoms in total. The average Bonchev–Trinajstić information content (AvgIpc) is 3.17. The molecule has 3 atom stereocenters. The molecule has 0 aromatic carbocycles. The minimum atomic E-state index is -1.17. The van der Waals surface area contributed by atoms with Crippen LogP contribution in [0, 0.1) is 0 Å². The van der Waals surface area contributed by atoms with E-state index in [9.17, 15) is 19.5 Å². The van der Waals surface area contributed by atoms with Crippen LogP contribution >= 0.6 is 11.8 Å². The first-order chi connectivity index (χ1) is 13.4. The number of aliphatic carboxylic acids is 1. The lowest BCUT2D eigenvalue weighted by molar-refractivity contribution is -0.142. The Labute approximate surface area is 168 Å². The van der Waals surface area contributed by atoms with Gasteiger partial charge in [0, 0.05) is 18.3 Å². The predicted molar refractivity (Wildman–Crippen MR) is 108 cm³/mol. The second-order valence-electron chi connectivity index (χ2n) is 6.41. The third kappa shape index (κ3) is 8.72. The maximum atomic E-state index is 12.6. The molecule has 0 spiro atoms. The van der Waals surface area contributed by atoms with Crippen LogP contribution in [-0.4, -0.2) is 69.5 Å². The number of imidazole rings is 1. The van der Waals surface area contributed by atoms with Crippen molar-refractivity contribution in [2.75, 3.05) is 18.6 Å². The van der Waals surface area contributed by atoms with E-state index in [2.05, 4.69) is 20.6 Å². The number of amides is 2. The fourth-order valence-electron chi connectivity index (χ4n) is 2.51. The highest BCUT2D eigenvalue weighted by atomic mass is 32.2. The van der Waals surface area contributed by atoms with Crippen LogP contribution in [0.2, 0.25) is 0 Å². The van der Waals surface area contributed by atoms with Crippen molar-refractivity contribution in [1.82, 2.24) is 20.6 Å². The van der Waals surface area contributed by atoms with Crippen LogP contribution in [0.15, 0.2) is 12.5 Å². The molecular formula is C17H30N6O4S. The van der Waals surface area contributed by atoms with Gasteiger partial charge >= 0.3 is 5.97 Å². The van der Waals surface area contributed by atoms with Crippen molar-refractivity contribution >= 4 is 29.5 Å². The number of thioether (sulfide) groups is 1. The molecule has 1 aromatic heterocycles. The van der Waals surface area contributed by atoms with Gasteiger partial charge in [-0.15, -0.1) is 0 Å². The molecule has 11 heteroatoms. The molecule has 0 aliphatic carbocycles. The minimum absolute atomic E-state index is 0.0584.